The van der Waals surface area contributed by atoms with E-state index in [4.69, 9.17) is 4.42 Å². The van der Waals surface area contributed by atoms with Crippen LogP contribution in [0.3, 0.4) is 0 Å². The van der Waals surface area contributed by atoms with Crippen LogP contribution in [0.5, 0.6) is 0 Å². The van der Waals surface area contributed by atoms with E-state index in [2.05, 4.69) is 21.4 Å². The summed E-state index contributed by atoms with van der Waals surface area (Å²) in [4.78, 5) is 58.3. The fraction of sp³-hybridized carbons (Fsp3) is 0.200. The van der Waals surface area contributed by atoms with Crippen LogP contribution < -0.4 is 16.3 Å². The Hall–Kier alpha value is -5.40. The summed E-state index contributed by atoms with van der Waals surface area (Å²) in [6.45, 7) is 1.64. The van der Waals surface area contributed by atoms with Crippen LogP contribution in [0.25, 0.3) is 0 Å². The molecule has 0 saturated heterocycles. The van der Waals surface area contributed by atoms with Crippen LogP contribution in [-0.2, 0) is 17.6 Å². The zero-order valence-corrected chi connectivity index (χ0v) is 20.6. The molecule has 200 valence electrons. The minimum Gasteiger partial charge on any atom is -0.455 e. The second-order valence-electron chi connectivity index (χ2n) is 8.58. The lowest BCUT2D eigenvalue weighted by molar-refractivity contribution is -0.385. The molecule has 0 atom stereocenters. The molecule has 1 aliphatic carbocycles. The summed E-state index contributed by atoms with van der Waals surface area (Å²) >= 11 is 0. The molecule has 2 aromatic carbocycles. The predicted molar refractivity (Wildman–Crippen MR) is 136 cm³/mol. The second-order valence-corrected chi connectivity index (χ2v) is 8.58. The summed E-state index contributed by atoms with van der Waals surface area (Å²) < 4.78 is 5.74. The van der Waals surface area contributed by atoms with Crippen molar-refractivity contribution >= 4 is 34.8 Å². The number of nitrogens with zero attached hydrogens (tertiary/aromatic N) is 3. The van der Waals surface area contributed by atoms with Gasteiger partial charge in [-0.1, -0.05) is 24.3 Å². The molecule has 1 aromatic heterocycles. The average molecular weight is 534 g/mol. The average Bonchev–Trinajstić information content (AvgIpc) is 3.27. The lowest BCUT2D eigenvalue weighted by Gasteiger charge is -2.13. The number of aryl methyl sites for hydroxylation is 1. The molecule has 0 radical (unpaired) electrons. The van der Waals surface area contributed by atoms with Crippen LogP contribution in [0, 0.1) is 27.2 Å². The first-order valence-electron chi connectivity index (χ1n) is 11.7. The van der Waals surface area contributed by atoms with Gasteiger partial charge in [-0.2, -0.15) is 5.10 Å². The van der Waals surface area contributed by atoms with E-state index in [1.807, 2.05) is 0 Å². The van der Waals surface area contributed by atoms with Gasteiger partial charge in [0.2, 0.25) is 5.91 Å². The van der Waals surface area contributed by atoms with Crippen molar-refractivity contribution in [2.24, 2.45) is 5.10 Å². The summed E-state index contributed by atoms with van der Waals surface area (Å²) in [7, 11) is 0. The molecule has 14 nitrogen and oxygen atoms in total. The van der Waals surface area contributed by atoms with Gasteiger partial charge in [-0.25, -0.2) is 5.43 Å². The van der Waals surface area contributed by atoms with E-state index in [1.54, 1.807) is 6.92 Å². The molecule has 4 rings (SSSR count). The Bertz CT molecular complexity index is 1510. The summed E-state index contributed by atoms with van der Waals surface area (Å²) in [5, 5.41) is 26.2. The maximum atomic E-state index is 12.8. The molecule has 1 heterocycles. The Morgan fingerprint density at radius 2 is 1.64 bits per heavy atom. The Morgan fingerprint density at radius 1 is 0.949 bits per heavy atom. The van der Waals surface area contributed by atoms with Crippen LogP contribution in [0.1, 0.15) is 56.2 Å². The Kier molecular flexibility index (Phi) is 7.74. The van der Waals surface area contributed by atoms with E-state index in [1.165, 1.54) is 48.5 Å². The molecule has 0 bridgehead atoms. The number of nitro benzene ring substituents is 2. The van der Waals surface area contributed by atoms with Crippen molar-refractivity contribution in [3.63, 3.8) is 0 Å². The van der Waals surface area contributed by atoms with Crippen molar-refractivity contribution in [3.8, 4) is 0 Å². The van der Waals surface area contributed by atoms with Gasteiger partial charge in [-0.05, 0) is 31.4 Å². The molecule has 39 heavy (non-hydrogen) atoms. The fourth-order valence-corrected chi connectivity index (χ4v) is 4.15. The number of hydrazone groups is 1. The van der Waals surface area contributed by atoms with E-state index < -0.39 is 33.3 Å². The molecule has 3 N–H and O–H groups in total. The molecule has 0 fully saturated rings. The van der Waals surface area contributed by atoms with Crippen LogP contribution in [0.4, 0.5) is 11.4 Å². The fourth-order valence-electron chi connectivity index (χ4n) is 4.15. The van der Waals surface area contributed by atoms with Gasteiger partial charge in [0.05, 0.1) is 22.0 Å². The largest absolute Gasteiger partial charge is 0.455 e. The highest BCUT2D eigenvalue weighted by Gasteiger charge is 2.29. The first kappa shape index (κ1) is 26.7. The van der Waals surface area contributed by atoms with Crippen LogP contribution in [-0.4, -0.2) is 33.3 Å². The van der Waals surface area contributed by atoms with Crippen molar-refractivity contribution in [2.75, 3.05) is 0 Å². The molecule has 0 aliphatic heterocycles. The van der Waals surface area contributed by atoms with Crippen LogP contribution in [0.2, 0.25) is 0 Å². The number of hydrogen-bond acceptors (Lipinski definition) is 9. The maximum Gasteiger partial charge on any atom is 0.305 e. The van der Waals surface area contributed by atoms with Gasteiger partial charge in [0.15, 0.2) is 5.76 Å². The highest BCUT2D eigenvalue weighted by Crippen LogP contribution is 2.30. The molecule has 0 spiro atoms. The number of para-hydroxylation sites is 1. The molecule has 3 amide bonds. The normalized spacial score (nSPS) is 13.3. The number of furan rings is 1. The number of carbonyl (C=O) groups is 3. The monoisotopic (exact) mass is 534 g/mol. The predicted octanol–water partition coefficient (Wildman–Crippen LogP) is 2.88. The van der Waals surface area contributed by atoms with Crippen molar-refractivity contribution in [3.05, 3.63) is 103 Å². The summed E-state index contributed by atoms with van der Waals surface area (Å²) in [6.07, 6.45) is 1.66. The number of non-ortho nitro benzene ring substituents is 1. The van der Waals surface area contributed by atoms with Gasteiger partial charge >= 0.3 is 5.91 Å². The molecular formula is C25H22N6O8. The minimum absolute atomic E-state index is 0.0427. The van der Waals surface area contributed by atoms with Crippen LogP contribution >= 0.6 is 0 Å². The molecule has 0 unspecified atom stereocenters. The highest BCUT2D eigenvalue weighted by molar-refractivity contribution is 6.07. The second kappa shape index (κ2) is 11.3. The number of hydrazine groups is 1. The van der Waals surface area contributed by atoms with Gasteiger partial charge in [-0.15, -0.1) is 0 Å². The van der Waals surface area contributed by atoms with Crippen molar-refractivity contribution in [1.29, 1.82) is 0 Å². The number of hydrogen-bond donors (Lipinski definition) is 3. The van der Waals surface area contributed by atoms with Gasteiger partial charge in [-0.3, -0.25) is 45.5 Å². The summed E-state index contributed by atoms with van der Waals surface area (Å²) in [6, 6.07) is 10.9. The third kappa shape index (κ3) is 5.95. The Morgan fingerprint density at radius 3 is 2.33 bits per heavy atom. The first-order chi connectivity index (χ1) is 18.7. The van der Waals surface area contributed by atoms with E-state index in [0.717, 1.165) is 0 Å². The number of nitrogens with one attached hydrogen (secondary N) is 3. The van der Waals surface area contributed by atoms with Gasteiger partial charge in [0.1, 0.15) is 11.3 Å². The topological polar surface area (TPSA) is 199 Å². The standard InChI is InChI=1S/C25H22N6O8/c1-14-22-18(26-27-21(32)13-15-9-11-16(12-10-15)30(35)36)6-4-8-20(22)39-23(14)25(34)29-28-24(33)17-5-2-3-7-19(17)31(37)38/h2-3,5,7,9-12H,4,6,8,13H2,1H3,(H,27,32)(H,28,33)(H,29,34)/b26-18+. The van der Waals surface area contributed by atoms with Gasteiger partial charge in [0, 0.05) is 35.7 Å². The summed E-state index contributed by atoms with van der Waals surface area (Å²) in [5.41, 5.74) is 8.24. The van der Waals surface area contributed by atoms with Crippen LogP contribution in [0.15, 0.2) is 58.0 Å². The SMILES string of the molecule is Cc1c(C(=O)NNC(=O)c2ccccc2[N+](=O)[O-])oc2c1/C(=N/NC(=O)Cc1ccc([N+](=O)[O-])cc1)CCC2. The molecular weight excluding hydrogens is 512 g/mol. The van der Waals surface area contributed by atoms with E-state index in [-0.39, 0.29) is 23.4 Å². The third-order valence-electron chi connectivity index (χ3n) is 5.99. The molecule has 0 saturated carbocycles. The van der Waals surface area contributed by atoms with Gasteiger partial charge in [0.25, 0.3) is 17.3 Å². The smallest absolute Gasteiger partial charge is 0.305 e. The Balaban J connectivity index is 1.43. The van der Waals surface area contributed by atoms with Crippen molar-refractivity contribution in [2.45, 2.75) is 32.6 Å². The quantitative estimate of drug-likeness (QED) is 0.303. The number of fused-ring (bicyclic) bond motifs is 1. The number of amides is 3. The van der Waals surface area contributed by atoms with E-state index in [0.29, 0.717) is 47.4 Å². The minimum atomic E-state index is -0.873. The number of rotatable bonds is 7. The zero-order valence-electron chi connectivity index (χ0n) is 20.6. The lowest BCUT2D eigenvalue weighted by Crippen LogP contribution is -2.42. The third-order valence-corrected chi connectivity index (χ3v) is 5.99. The summed E-state index contributed by atoms with van der Waals surface area (Å²) in [5.74, 6) is -1.65. The Labute approximate surface area is 220 Å². The number of nitro groups is 2. The molecule has 1 aliphatic rings. The van der Waals surface area contributed by atoms with Crippen molar-refractivity contribution in [1.82, 2.24) is 16.3 Å². The molecule has 14 heteroatoms. The van der Waals surface area contributed by atoms with E-state index >= 15 is 0 Å². The van der Waals surface area contributed by atoms with Gasteiger partial charge < -0.3 is 4.42 Å². The lowest BCUT2D eigenvalue weighted by atomic mass is 9.93. The maximum absolute atomic E-state index is 12.8. The zero-order chi connectivity index (χ0) is 28.1. The van der Waals surface area contributed by atoms with E-state index in [9.17, 15) is 34.6 Å². The number of carbonyl (C=O) groups excluding carboxylic acids is 3. The first-order valence-corrected chi connectivity index (χ1v) is 11.7. The number of benzene rings is 2. The molecule has 3 aromatic rings. The van der Waals surface area contributed by atoms with Crippen molar-refractivity contribution < 1.29 is 28.6 Å². The highest BCUT2D eigenvalue weighted by atomic mass is 16.6.